The fourth-order valence-electron chi connectivity index (χ4n) is 1.88. The third-order valence-electron chi connectivity index (χ3n) is 2.77. The molecule has 0 atom stereocenters. The van der Waals surface area contributed by atoms with Crippen molar-refractivity contribution < 1.29 is 0 Å². The fraction of sp³-hybridized carbons (Fsp3) is 0. The van der Waals surface area contributed by atoms with E-state index in [4.69, 9.17) is 11.6 Å². The topological polar surface area (TPSA) is 45.8 Å². The van der Waals surface area contributed by atoms with Crippen molar-refractivity contribution in [1.82, 2.24) is 9.97 Å². The first kappa shape index (κ1) is 12.4. The molecule has 0 saturated heterocycles. The SMILES string of the molecule is O=c1[nH]c(-c2cccc(Cl)c2)nc2ccc(Br)cc12. The minimum Gasteiger partial charge on any atom is -0.306 e. The minimum absolute atomic E-state index is 0.165. The second kappa shape index (κ2) is 4.79. The average molecular weight is 336 g/mol. The predicted molar refractivity (Wildman–Crippen MR) is 80.5 cm³/mol. The van der Waals surface area contributed by atoms with Crippen LogP contribution in [0.2, 0.25) is 5.02 Å². The first-order valence-electron chi connectivity index (χ1n) is 5.59. The summed E-state index contributed by atoms with van der Waals surface area (Å²) in [5, 5.41) is 1.16. The molecule has 1 N–H and O–H groups in total. The van der Waals surface area contributed by atoms with Crippen LogP contribution in [-0.4, -0.2) is 9.97 Å². The molecular weight excluding hydrogens is 328 g/mol. The number of aromatic nitrogens is 2. The first-order chi connectivity index (χ1) is 9.13. The summed E-state index contributed by atoms with van der Waals surface area (Å²) in [4.78, 5) is 19.3. The van der Waals surface area contributed by atoms with E-state index in [0.29, 0.717) is 21.7 Å². The van der Waals surface area contributed by atoms with Crippen molar-refractivity contribution in [2.45, 2.75) is 0 Å². The normalized spacial score (nSPS) is 10.8. The molecule has 0 radical (unpaired) electrons. The van der Waals surface area contributed by atoms with Crippen molar-refractivity contribution in [3.8, 4) is 11.4 Å². The van der Waals surface area contributed by atoms with E-state index in [-0.39, 0.29) is 5.56 Å². The number of fused-ring (bicyclic) bond motifs is 1. The van der Waals surface area contributed by atoms with Crippen LogP contribution in [0, 0.1) is 0 Å². The van der Waals surface area contributed by atoms with Gasteiger partial charge in [0, 0.05) is 15.1 Å². The highest BCUT2D eigenvalue weighted by molar-refractivity contribution is 9.10. The average Bonchev–Trinajstić information content (AvgIpc) is 2.39. The molecule has 1 heterocycles. The zero-order valence-corrected chi connectivity index (χ0v) is 12.0. The first-order valence-corrected chi connectivity index (χ1v) is 6.76. The van der Waals surface area contributed by atoms with Crippen LogP contribution < -0.4 is 5.56 Å². The van der Waals surface area contributed by atoms with E-state index < -0.39 is 0 Å². The molecule has 5 heteroatoms. The van der Waals surface area contributed by atoms with Crippen molar-refractivity contribution in [1.29, 1.82) is 0 Å². The Morgan fingerprint density at radius 1 is 1.16 bits per heavy atom. The van der Waals surface area contributed by atoms with Crippen molar-refractivity contribution in [2.24, 2.45) is 0 Å². The third-order valence-corrected chi connectivity index (χ3v) is 3.49. The van der Waals surface area contributed by atoms with Crippen LogP contribution in [0.1, 0.15) is 0 Å². The number of nitrogens with one attached hydrogen (secondary N) is 1. The molecule has 2 aromatic carbocycles. The van der Waals surface area contributed by atoms with Gasteiger partial charge in [-0.15, -0.1) is 0 Å². The second-order valence-electron chi connectivity index (χ2n) is 4.09. The Hall–Kier alpha value is -1.65. The Kier molecular flexibility index (Phi) is 3.12. The third kappa shape index (κ3) is 2.41. The van der Waals surface area contributed by atoms with Gasteiger partial charge in [0.15, 0.2) is 0 Å². The van der Waals surface area contributed by atoms with E-state index in [2.05, 4.69) is 25.9 Å². The summed E-state index contributed by atoms with van der Waals surface area (Å²) < 4.78 is 0.850. The molecule has 0 amide bonds. The lowest BCUT2D eigenvalue weighted by atomic mass is 10.2. The number of H-pyrrole nitrogens is 1. The molecule has 3 rings (SSSR count). The largest absolute Gasteiger partial charge is 0.306 e. The molecule has 3 aromatic rings. The van der Waals surface area contributed by atoms with Crippen LogP contribution in [0.4, 0.5) is 0 Å². The molecule has 0 bridgehead atoms. The van der Waals surface area contributed by atoms with Crippen molar-refractivity contribution >= 4 is 38.4 Å². The molecule has 0 aliphatic carbocycles. The Labute approximate surface area is 122 Å². The molecule has 19 heavy (non-hydrogen) atoms. The Morgan fingerprint density at radius 3 is 2.79 bits per heavy atom. The van der Waals surface area contributed by atoms with Crippen LogP contribution in [0.5, 0.6) is 0 Å². The van der Waals surface area contributed by atoms with Crippen LogP contribution in [-0.2, 0) is 0 Å². The lowest BCUT2D eigenvalue weighted by Crippen LogP contribution is -2.09. The van der Waals surface area contributed by atoms with Gasteiger partial charge < -0.3 is 4.98 Å². The van der Waals surface area contributed by atoms with Crippen LogP contribution >= 0.6 is 27.5 Å². The molecule has 94 valence electrons. The van der Waals surface area contributed by atoms with E-state index in [9.17, 15) is 4.79 Å². The van der Waals surface area contributed by atoms with Gasteiger partial charge in [-0.05, 0) is 30.3 Å². The molecular formula is C14H8BrClN2O. The van der Waals surface area contributed by atoms with Crippen molar-refractivity contribution in [3.63, 3.8) is 0 Å². The van der Waals surface area contributed by atoms with E-state index in [0.717, 1.165) is 10.0 Å². The highest BCUT2D eigenvalue weighted by atomic mass is 79.9. The van der Waals surface area contributed by atoms with Crippen LogP contribution in [0.3, 0.4) is 0 Å². The standard InChI is InChI=1S/C14H8BrClN2O/c15-9-4-5-12-11(7-9)14(19)18-13(17-12)8-2-1-3-10(16)6-8/h1-7H,(H,17,18,19). The Bertz CT molecular complexity index is 829. The smallest absolute Gasteiger partial charge is 0.259 e. The van der Waals surface area contributed by atoms with Crippen molar-refractivity contribution in [3.05, 3.63) is 62.3 Å². The van der Waals surface area contributed by atoms with E-state index in [1.807, 2.05) is 24.3 Å². The number of benzene rings is 2. The molecule has 0 fully saturated rings. The lowest BCUT2D eigenvalue weighted by Gasteiger charge is -2.04. The molecule has 0 aliphatic heterocycles. The lowest BCUT2D eigenvalue weighted by molar-refractivity contribution is 1.18. The number of aromatic amines is 1. The van der Waals surface area contributed by atoms with Crippen LogP contribution in [0.15, 0.2) is 51.7 Å². The summed E-state index contributed by atoms with van der Waals surface area (Å²) in [7, 11) is 0. The summed E-state index contributed by atoms with van der Waals surface area (Å²) in [6, 6.07) is 12.6. The number of hydrogen-bond donors (Lipinski definition) is 1. The van der Waals surface area contributed by atoms with Gasteiger partial charge in [0.1, 0.15) is 5.82 Å². The predicted octanol–water partition coefficient (Wildman–Crippen LogP) is 4.01. The summed E-state index contributed by atoms with van der Waals surface area (Å²) >= 11 is 9.29. The van der Waals surface area contributed by atoms with Crippen molar-refractivity contribution in [2.75, 3.05) is 0 Å². The fourth-order valence-corrected chi connectivity index (χ4v) is 2.43. The summed E-state index contributed by atoms with van der Waals surface area (Å²) in [6.07, 6.45) is 0. The second-order valence-corrected chi connectivity index (χ2v) is 5.44. The highest BCUT2D eigenvalue weighted by Crippen LogP contribution is 2.21. The summed E-state index contributed by atoms with van der Waals surface area (Å²) in [5.74, 6) is 0.516. The minimum atomic E-state index is -0.165. The molecule has 1 aromatic heterocycles. The monoisotopic (exact) mass is 334 g/mol. The number of hydrogen-bond acceptors (Lipinski definition) is 2. The maximum atomic E-state index is 12.1. The number of halogens is 2. The van der Waals surface area contributed by atoms with Gasteiger partial charge in [-0.25, -0.2) is 4.98 Å². The molecule has 0 saturated carbocycles. The van der Waals surface area contributed by atoms with Gasteiger partial charge in [-0.3, -0.25) is 4.79 Å². The number of rotatable bonds is 1. The maximum Gasteiger partial charge on any atom is 0.259 e. The van der Waals surface area contributed by atoms with Gasteiger partial charge in [0.25, 0.3) is 5.56 Å². The number of nitrogens with zero attached hydrogens (tertiary/aromatic N) is 1. The molecule has 0 spiro atoms. The van der Waals surface area contributed by atoms with Crippen LogP contribution in [0.25, 0.3) is 22.3 Å². The molecule has 0 aliphatic rings. The van der Waals surface area contributed by atoms with Gasteiger partial charge in [-0.1, -0.05) is 39.7 Å². The highest BCUT2D eigenvalue weighted by Gasteiger charge is 2.06. The van der Waals surface area contributed by atoms with Gasteiger partial charge in [0.05, 0.1) is 10.9 Å². The zero-order chi connectivity index (χ0) is 13.4. The Morgan fingerprint density at radius 2 is 2.00 bits per heavy atom. The Balaban J connectivity index is 2.27. The zero-order valence-electron chi connectivity index (χ0n) is 9.65. The maximum absolute atomic E-state index is 12.1. The van der Waals surface area contributed by atoms with Gasteiger partial charge >= 0.3 is 0 Å². The molecule has 0 unspecified atom stereocenters. The summed E-state index contributed by atoms with van der Waals surface area (Å²) in [5.41, 5.74) is 1.28. The quantitative estimate of drug-likeness (QED) is 0.730. The summed E-state index contributed by atoms with van der Waals surface area (Å²) in [6.45, 7) is 0. The van der Waals surface area contributed by atoms with E-state index >= 15 is 0 Å². The van der Waals surface area contributed by atoms with Gasteiger partial charge in [0.2, 0.25) is 0 Å². The van der Waals surface area contributed by atoms with E-state index in [1.54, 1.807) is 18.2 Å². The molecule has 3 nitrogen and oxygen atoms in total. The van der Waals surface area contributed by atoms with Gasteiger partial charge in [-0.2, -0.15) is 0 Å². The van der Waals surface area contributed by atoms with E-state index in [1.165, 1.54) is 0 Å².